The van der Waals surface area contributed by atoms with Gasteiger partial charge < -0.3 is 16.2 Å². The third-order valence-corrected chi connectivity index (χ3v) is 2.93. The number of hydrogen-bond donors (Lipinski definition) is 3. The van der Waals surface area contributed by atoms with E-state index in [4.69, 9.17) is 10.8 Å². The number of carboxylic acid groups (broad SMARTS) is 1. The fourth-order valence-corrected chi connectivity index (χ4v) is 1.74. The Hall–Kier alpha value is -1.88. The molecule has 0 bridgehead atoms. The van der Waals surface area contributed by atoms with Crippen molar-refractivity contribution in [1.82, 2.24) is 0 Å². The number of carboxylic acids is 1. The number of aryl methyl sites for hydroxylation is 1. The molecule has 1 aromatic rings. The lowest BCUT2D eigenvalue weighted by atomic mass is 10.0. The van der Waals surface area contributed by atoms with Gasteiger partial charge in [0.2, 0.25) is 5.91 Å². The van der Waals surface area contributed by atoms with Gasteiger partial charge in [0.05, 0.1) is 0 Å². The molecule has 4 N–H and O–H groups in total. The first kappa shape index (κ1) is 15.2. The highest BCUT2D eigenvalue weighted by molar-refractivity contribution is 5.93. The zero-order chi connectivity index (χ0) is 14.3. The molecule has 1 atom stereocenters. The van der Waals surface area contributed by atoms with Crippen LogP contribution in [-0.2, 0) is 16.0 Å². The smallest absolute Gasteiger partial charge is 0.303 e. The maximum absolute atomic E-state index is 11.9. The lowest BCUT2D eigenvalue weighted by Crippen LogP contribution is -2.23. The molecule has 0 saturated carbocycles. The molecule has 1 amide bonds. The number of rotatable bonds is 7. The summed E-state index contributed by atoms with van der Waals surface area (Å²) in [5.41, 5.74) is 6.94. The molecule has 104 valence electrons. The highest BCUT2D eigenvalue weighted by Gasteiger charge is 2.13. The Balaban J connectivity index is 2.71. The van der Waals surface area contributed by atoms with E-state index in [1.54, 1.807) is 6.07 Å². The maximum atomic E-state index is 11.9. The third kappa shape index (κ3) is 5.09. The molecule has 0 spiro atoms. The van der Waals surface area contributed by atoms with Crippen LogP contribution in [0.5, 0.6) is 0 Å². The van der Waals surface area contributed by atoms with E-state index in [9.17, 15) is 9.59 Å². The number of anilines is 1. The zero-order valence-electron chi connectivity index (χ0n) is 11.1. The van der Waals surface area contributed by atoms with Crippen molar-refractivity contribution in [3.63, 3.8) is 0 Å². The van der Waals surface area contributed by atoms with Crippen molar-refractivity contribution in [3.8, 4) is 0 Å². The van der Waals surface area contributed by atoms with Crippen molar-refractivity contribution >= 4 is 17.6 Å². The quantitative estimate of drug-likeness (QED) is 0.697. The van der Waals surface area contributed by atoms with E-state index in [2.05, 4.69) is 5.32 Å². The van der Waals surface area contributed by atoms with E-state index in [-0.39, 0.29) is 18.2 Å². The minimum atomic E-state index is -0.849. The Morgan fingerprint density at radius 3 is 2.68 bits per heavy atom. The van der Waals surface area contributed by atoms with E-state index in [0.29, 0.717) is 25.1 Å². The average Bonchev–Trinajstić information content (AvgIpc) is 2.37. The number of para-hydroxylation sites is 1. The molecule has 19 heavy (non-hydrogen) atoms. The van der Waals surface area contributed by atoms with Gasteiger partial charge in [-0.15, -0.1) is 0 Å². The van der Waals surface area contributed by atoms with Crippen molar-refractivity contribution in [2.75, 3.05) is 11.9 Å². The van der Waals surface area contributed by atoms with Crippen molar-refractivity contribution in [3.05, 3.63) is 29.8 Å². The second kappa shape index (κ2) is 7.53. The molecule has 5 nitrogen and oxygen atoms in total. The van der Waals surface area contributed by atoms with Crippen LogP contribution in [0.1, 0.15) is 25.3 Å². The summed E-state index contributed by atoms with van der Waals surface area (Å²) < 4.78 is 0. The number of carbonyl (C=O) groups excluding carboxylic acids is 1. The molecular weight excluding hydrogens is 244 g/mol. The van der Waals surface area contributed by atoms with Crippen LogP contribution in [0.2, 0.25) is 0 Å². The number of benzene rings is 1. The maximum Gasteiger partial charge on any atom is 0.303 e. The molecule has 0 aliphatic rings. The van der Waals surface area contributed by atoms with Gasteiger partial charge in [-0.3, -0.25) is 9.59 Å². The van der Waals surface area contributed by atoms with Gasteiger partial charge in [0, 0.05) is 18.0 Å². The van der Waals surface area contributed by atoms with Crippen LogP contribution in [0, 0.1) is 5.92 Å². The topological polar surface area (TPSA) is 92.4 Å². The predicted octanol–water partition coefficient (Wildman–Crippen LogP) is 1.63. The van der Waals surface area contributed by atoms with Crippen molar-refractivity contribution in [2.24, 2.45) is 11.7 Å². The molecule has 0 aliphatic heterocycles. The van der Waals surface area contributed by atoms with Crippen LogP contribution in [0.3, 0.4) is 0 Å². The molecule has 0 fully saturated rings. The minimum Gasteiger partial charge on any atom is -0.481 e. The highest BCUT2D eigenvalue weighted by atomic mass is 16.4. The number of nitrogens with two attached hydrogens (primary N) is 1. The summed E-state index contributed by atoms with van der Waals surface area (Å²) in [4.78, 5) is 22.5. The SMILES string of the molecule is CC(CCN)C(=O)Nc1ccccc1CCC(=O)O. The second-order valence-electron chi connectivity index (χ2n) is 4.52. The van der Waals surface area contributed by atoms with Crippen LogP contribution >= 0.6 is 0 Å². The van der Waals surface area contributed by atoms with Gasteiger partial charge in [-0.2, -0.15) is 0 Å². The van der Waals surface area contributed by atoms with E-state index in [0.717, 1.165) is 5.56 Å². The Bertz CT molecular complexity index is 446. The van der Waals surface area contributed by atoms with E-state index >= 15 is 0 Å². The highest BCUT2D eigenvalue weighted by Crippen LogP contribution is 2.18. The number of nitrogens with one attached hydrogen (secondary N) is 1. The van der Waals surface area contributed by atoms with Gasteiger partial charge in [0.1, 0.15) is 0 Å². The predicted molar refractivity (Wildman–Crippen MR) is 73.9 cm³/mol. The Kier molecular flexibility index (Phi) is 6.02. The summed E-state index contributed by atoms with van der Waals surface area (Å²) in [7, 11) is 0. The van der Waals surface area contributed by atoms with E-state index in [1.807, 2.05) is 25.1 Å². The molecular formula is C14H20N2O3. The monoisotopic (exact) mass is 264 g/mol. The van der Waals surface area contributed by atoms with Crippen LogP contribution < -0.4 is 11.1 Å². The normalized spacial score (nSPS) is 11.9. The Morgan fingerprint density at radius 2 is 2.05 bits per heavy atom. The lowest BCUT2D eigenvalue weighted by molar-refractivity contribution is -0.137. The fraction of sp³-hybridized carbons (Fsp3) is 0.429. The summed E-state index contributed by atoms with van der Waals surface area (Å²) in [5, 5.41) is 11.5. The van der Waals surface area contributed by atoms with Gasteiger partial charge in [-0.1, -0.05) is 25.1 Å². The minimum absolute atomic E-state index is 0.0469. The lowest BCUT2D eigenvalue weighted by Gasteiger charge is -2.14. The van der Waals surface area contributed by atoms with Crippen LogP contribution in [-0.4, -0.2) is 23.5 Å². The molecule has 0 saturated heterocycles. The van der Waals surface area contributed by atoms with Gasteiger partial charge >= 0.3 is 5.97 Å². The summed E-state index contributed by atoms with van der Waals surface area (Å²) in [6.07, 6.45) is 1.07. The second-order valence-corrected chi connectivity index (χ2v) is 4.52. The third-order valence-electron chi connectivity index (χ3n) is 2.93. The molecule has 0 aliphatic carbocycles. The van der Waals surface area contributed by atoms with Gasteiger partial charge in [0.25, 0.3) is 0 Å². The summed E-state index contributed by atoms with van der Waals surface area (Å²) >= 11 is 0. The molecule has 0 radical (unpaired) electrons. The van der Waals surface area contributed by atoms with Crippen LogP contribution in [0.25, 0.3) is 0 Å². The number of aliphatic carboxylic acids is 1. The molecule has 0 aromatic heterocycles. The van der Waals surface area contributed by atoms with E-state index < -0.39 is 5.97 Å². The van der Waals surface area contributed by atoms with Gasteiger partial charge in [-0.05, 0) is 31.0 Å². The van der Waals surface area contributed by atoms with Crippen molar-refractivity contribution < 1.29 is 14.7 Å². The van der Waals surface area contributed by atoms with Gasteiger partial charge in [0.15, 0.2) is 0 Å². The van der Waals surface area contributed by atoms with Crippen molar-refractivity contribution in [2.45, 2.75) is 26.2 Å². The van der Waals surface area contributed by atoms with Crippen molar-refractivity contribution in [1.29, 1.82) is 0 Å². The molecule has 1 aromatic carbocycles. The summed E-state index contributed by atoms with van der Waals surface area (Å²) in [5.74, 6) is -1.09. The Labute approximate surface area is 112 Å². The number of hydrogen-bond acceptors (Lipinski definition) is 3. The zero-order valence-corrected chi connectivity index (χ0v) is 11.1. The average molecular weight is 264 g/mol. The largest absolute Gasteiger partial charge is 0.481 e. The van der Waals surface area contributed by atoms with Crippen LogP contribution in [0.4, 0.5) is 5.69 Å². The summed E-state index contributed by atoms with van der Waals surface area (Å²) in [6.45, 7) is 2.29. The molecule has 5 heteroatoms. The number of carbonyl (C=O) groups is 2. The van der Waals surface area contributed by atoms with Crippen LogP contribution in [0.15, 0.2) is 24.3 Å². The summed E-state index contributed by atoms with van der Waals surface area (Å²) in [6, 6.07) is 7.25. The van der Waals surface area contributed by atoms with E-state index in [1.165, 1.54) is 0 Å². The first-order valence-corrected chi connectivity index (χ1v) is 6.35. The molecule has 1 rings (SSSR count). The fourth-order valence-electron chi connectivity index (χ4n) is 1.74. The number of amides is 1. The standard InChI is InChI=1S/C14H20N2O3/c1-10(8-9-15)14(19)16-12-5-3-2-4-11(12)6-7-13(17)18/h2-5,10H,6-9,15H2,1H3,(H,16,19)(H,17,18). The van der Waals surface area contributed by atoms with Gasteiger partial charge in [-0.25, -0.2) is 0 Å². The Morgan fingerprint density at radius 1 is 1.37 bits per heavy atom. The first-order chi connectivity index (χ1) is 9.04. The molecule has 0 heterocycles. The molecule has 1 unspecified atom stereocenters. The first-order valence-electron chi connectivity index (χ1n) is 6.35.